The Morgan fingerprint density at radius 3 is 2.16 bits per heavy atom. The zero-order chi connectivity index (χ0) is 24.1. The highest BCUT2D eigenvalue weighted by Crippen LogP contribution is 2.44. The van der Waals surface area contributed by atoms with Crippen LogP contribution in [0.1, 0.15) is 45.7 Å². The maximum absolute atomic E-state index is 14.0. The summed E-state index contributed by atoms with van der Waals surface area (Å²) < 4.78 is 58.3. The van der Waals surface area contributed by atoms with Crippen LogP contribution in [0.25, 0.3) is 0 Å². The minimum absolute atomic E-state index is 0.0324. The molecule has 0 heterocycles. The van der Waals surface area contributed by atoms with Crippen LogP contribution in [-0.4, -0.2) is 57.2 Å². The van der Waals surface area contributed by atoms with Gasteiger partial charge in [-0.15, -0.1) is 0 Å². The fourth-order valence-electron chi connectivity index (χ4n) is 2.71. The second-order valence-corrected chi connectivity index (χ2v) is 9.32. The van der Waals surface area contributed by atoms with Crippen LogP contribution in [0.15, 0.2) is 17.1 Å². The first kappa shape index (κ1) is 27.2. The molecule has 1 rings (SSSR count). The number of alkyl halides is 3. The lowest BCUT2D eigenvalue weighted by molar-refractivity contribution is -0.284. The Labute approximate surface area is 182 Å². The Hall–Kier alpha value is -1.84. The summed E-state index contributed by atoms with van der Waals surface area (Å²) in [5.74, 6) is -0.114. The molecule has 1 unspecified atom stereocenters. The molecule has 31 heavy (non-hydrogen) atoms. The lowest BCUT2D eigenvalue weighted by Gasteiger charge is -2.34. The van der Waals surface area contributed by atoms with Gasteiger partial charge in [-0.3, -0.25) is 4.99 Å². The maximum atomic E-state index is 14.0. The van der Waals surface area contributed by atoms with Crippen LogP contribution < -0.4 is 10.1 Å². The third kappa shape index (κ3) is 7.66. The van der Waals surface area contributed by atoms with Crippen LogP contribution in [0.5, 0.6) is 5.75 Å². The van der Waals surface area contributed by atoms with Crippen molar-refractivity contribution in [3.8, 4) is 5.75 Å². The van der Waals surface area contributed by atoms with Gasteiger partial charge >= 0.3 is 6.18 Å². The number of nitrogens with zero attached hydrogens (tertiary/aromatic N) is 1. The topological polar surface area (TPSA) is 72.3 Å². The summed E-state index contributed by atoms with van der Waals surface area (Å²) in [5, 5.41) is 13.6. The number of halogens is 3. The van der Waals surface area contributed by atoms with Gasteiger partial charge < -0.3 is 24.6 Å². The van der Waals surface area contributed by atoms with Gasteiger partial charge in [-0.25, -0.2) is 0 Å². The first-order valence-corrected chi connectivity index (χ1v) is 9.93. The van der Waals surface area contributed by atoms with Gasteiger partial charge in [0.2, 0.25) is 5.60 Å². The Kier molecular flexibility index (Phi) is 8.94. The Morgan fingerprint density at radius 2 is 1.68 bits per heavy atom. The molecule has 9 heteroatoms. The molecule has 178 valence electrons. The van der Waals surface area contributed by atoms with Gasteiger partial charge in [-0.1, -0.05) is 13.8 Å². The van der Waals surface area contributed by atoms with Gasteiger partial charge in [0.25, 0.3) is 0 Å². The van der Waals surface area contributed by atoms with Gasteiger partial charge in [-0.2, -0.15) is 13.2 Å². The van der Waals surface area contributed by atoms with E-state index in [2.05, 4.69) is 10.3 Å². The summed E-state index contributed by atoms with van der Waals surface area (Å²) in [4.78, 5) is 3.80. The molecular formula is C22H35F3N2O4. The number of hydrogen-bond donors (Lipinski definition) is 2. The molecule has 6 nitrogen and oxygen atoms in total. The SMILES string of the molecule is CN=CNc1cc(OC)c(C(O)(COCC(C)(C)COC(C)(C)C)C(F)(F)F)cc1C. The van der Waals surface area contributed by atoms with E-state index in [1.54, 1.807) is 14.0 Å². The summed E-state index contributed by atoms with van der Waals surface area (Å²) in [5.41, 5.74) is -3.60. The van der Waals surface area contributed by atoms with Crippen LogP contribution >= 0.6 is 0 Å². The number of methoxy groups -OCH3 is 1. The Balaban J connectivity index is 3.16. The number of aliphatic imine (C=N–C) groups is 1. The van der Waals surface area contributed by atoms with Crippen LogP contribution in [0.3, 0.4) is 0 Å². The highest BCUT2D eigenvalue weighted by Gasteiger charge is 2.57. The molecule has 2 N–H and O–H groups in total. The Morgan fingerprint density at radius 1 is 1.06 bits per heavy atom. The monoisotopic (exact) mass is 448 g/mol. The van der Waals surface area contributed by atoms with Gasteiger partial charge in [-0.05, 0) is 39.3 Å². The number of hydrogen-bond acceptors (Lipinski definition) is 5. The predicted octanol–water partition coefficient (Wildman–Crippen LogP) is 4.68. The highest BCUT2D eigenvalue weighted by atomic mass is 19.4. The van der Waals surface area contributed by atoms with E-state index >= 15 is 0 Å². The summed E-state index contributed by atoms with van der Waals surface area (Å²) in [6.07, 6.45) is -3.58. The molecule has 0 bridgehead atoms. The summed E-state index contributed by atoms with van der Waals surface area (Å²) in [6, 6.07) is 2.64. The first-order chi connectivity index (χ1) is 14.1. The van der Waals surface area contributed by atoms with Crippen LogP contribution in [-0.2, 0) is 15.1 Å². The van der Waals surface area contributed by atoms with Gasteiger partial charge in [0.05, 0.1) is 38.9 Å². The number of aryl methyl sites for hydroxylation is 1. The van der Waals surface area contributed by atoms with Crippen LogP contribution in [0.2, 0.25) is 0 Å². The summed E-state index contributed by atoms with van der Waals surface area (Å²) in [7, 11) is 2.80. The second kappa shape index (κ2) is 10.2. The number of rotatable bonds is 10. The number of benzene rings is 1. The molecule has 0 aliphatic rings. The van der Waals surface area contributed by atoms with Crippen LogP contribution in [0, 0.1) is 12.3 Å². The van der Waals surface area contributed by atoms with E-state index in [0.29, 0.717) is 17.9 Å². The number of ether oxygens (including phenoxy) is 3. The number of aliphatic hydroxyl groups is 1. The highest BCUT2D eigenvalue weighted by molar-refractivity contribution is 5.78. The van der Waals surface area contributed by atoms with Crippen molar-refractivity contribution in [2.45, 2.75) is 58.9 Å². The lowest BCUT2D eigenvalue weighted by atomic mass is 9.90. The summed E-state index contributed by atoms with van der Waals surface area (Å²) in [6.45, 7) is 10.2. The van der Waals surface area contributed by atoms with Crippen molar-refractivity contribution in [3.05, 3.63) is 23.3 Å². The van der Waals surface area contributed by atoms with Crippen molar-refractivity contribution in [1.82, 2.24) is 0 Å². The van der Waals surface area contributed by atoms with E-state index in [9.17, 15) is 18.3 Å². The third-order valence-electron chi connectivity index (χ3n) is 4.51. The molecule has 0 spiro atoms. The molecule has 0 radical (unpaired) electrons. The first-order valence-electron chi connectivity index (χ1n) is 9.93. The fourth-order valence-corrected chi connectivity index (χ4v) is 2.71. The molecule has 0 aliphatic carbocycles. The van der Waals surface area contributed by atoms with E-state index in [1.165, 1.54) is 25.6 Å². The van der Waals surface area contributed by atoms with Crippen molar-refractivity contribution >= 4 is 12.0 Å². The van der Waals surface area contributed by atoms with E-state index in [1.807, 2.05) is 34.6 Å². The van der Waals surface area contributed by atoms with Crippen LogP contribution in [0.4, 0.5) is 18.9 Å². The van der Waals surface area contributed by atoms with Crippen molar-refractivity contribution < 1.29 is 32.5 Å². The predicted molar refractivity (Wildman–Crippen MR) is 116 cm³/mol. The molecular weight excluding hydrogens is 413 g/mol. The van der Waals surface area contributed by atoms with E-state index in [4.69, 9.17) is 14.2 Å². The molecule has 0 aliphatic heterocycles. The molecule has 0 saturated carbocycles. The lowest BCUT2D eigenvalue weighted by Crippen LogP contribution is -2.47. The van der Waals surface area contributed by atoms with Gasteiger partial charge in [0, 0.05) is 29.8 Å². The minimum atomic E-state index is -4.99. The molecule has 1 aromatic rings. The smallest absolute Gasteiger partial charge is 0.423 e. The van der Waals surface area contributed by atoms with E-state index in [-0.39, 0.29) is 18.0 Å². The standard InChI is InChI=1S/C22H35F3N2O4/c1-15-9-16(18(29-8)10-17(15)27-14-26-7)21(28,22(23,24)25)13-30-11-20(5,6)12-31-19(2,3)4/h9-10,14,28H,11-13H2,1-8H3,(H,26,27). The van der Waals surface area contributed by atoms with Gasteiger partial charge in [0.15, 0.2) is 0 Å². The summed E-state index contributed by atoms with van der Waals surface area (Å²) >= 11 is 0. The fraction of sp³-hybridized carbons (Fsp3) is 0.682. The number of nitrogens with one attached hydrogen (secondary N) is 1. The van der Waals surface area contributed by atoms with E-state index in [0.717, 1.165) is 0 Å². The third-order valence-corrected chi connectivity index (χ3v) is 4.51. The van der Waals surface area contributed by atoms with E-state index < -0.39 is 29.4 Å². The maximum Gasteiger partial charge on any atom is 0.423 e. The quantitative estimate of drug-likeness (QED) is 0.402. The normalized spacial score (nSPS) is 15.2. The average Bonchev–Trinajstić information content (AvgIpc) is 2.63. The zero-order valence-corrected chi connectivity index (χ0v) is 19.6. The van der Waals surface area contributed by atoms with Crippen molar-refractivity contribution in [1.29, 1.82) is 0 Å². The molecule has 0 aromatic heterocycles. The zero-order valence-electron chi connectivity index (χ0n) is 19.6. The minimum Gasteiger partial charge on any atom is -0.496 e. The van der Waals surface area contributed by atoms with Crippen molar-refractivity contribution in [3.63, 3.8) is 0 Å². The molecule has 1 aromatic carbocycles. The largest absolute Gasteiger partial charge is 0.496 e. The van der Waals surface area contributed by atoms with Gasteiger partial charge in [0.1, 0.15) is 5.75 Å². The Bertz CT molecular complexity index is 758. The molecule has 1 atom stereocenters. The molecule has 0 saturated heterocycles. The van der Waals surface area contributed by atoms with Crippen molar-refractivity contribution in [2.24, 2.45) is 10.4 Å². The second-order valence-electron chi connectivity index (χ2n) is 9.32. The average molecular weight is 449 g/mol. The number of anilines is 1. The molecule has 0 amide bonds. The molecule has 0 fully saturated rings. The van der Waals surface area contributed by atoms with Crippen molar-refractivity contribution in [2.75, 3.05) is 39.3 Å².